The second-order valence-corrected chi connectivity index (χ2v) is 5.76. The smallest absolute Gasteiger partial charge is 0.225 e. The molecule has 1 aliphatic carbocycles. The third kappa shape index (κ3) is 2.40. The van der Waals surface area contributed by atoms with E-state index in [4.69, 9.17) is 0 Å². The van der Waals surface area contributed by atoms with Crippen LogP contribution in [0.1, 0.15) is 39.5 Å². The number of piperidine rings is 1. The van der Waals surface area contributed by atoms with E-state index in [2.05, 4.69) is 24.1 Å². The fourth-order valence-electron chi connectivity index (χ4n) is 2.56. The Kier molecular flexibility index (Phi) is 3.24. The summed E-state index contributed by atoms with van der Waals surface area (Å²) in [4.78, 5) is 14.3. The van der Waals surface area contributed by atoms with Gasteiger partial charge in [-0.3, -0.25) is 4.79 Å². The van der Waals surface area contributed by atoms with Crippen LogP contribution in [-0.4, -0.2) is 36.5 Å². The van der Waals surface area contributed by atoms with Crippen molar-refractivity contribution in [1.29, 1.82) is 0 Å². The molecular formula is C13H24N2O. The monoisotopic (exact) mass is 224 g/mol. The van der Waals surface area contributed by atoms with E-state index in [1.807, 2.05) is 7.05 Å². The average Bonchev–Trinajstić information content (AvgIpc) is 3.12. The van der Waals surface area contributed by atoms with Crippen LogP contribution in [-0.2, 0) is 4.79 Å². The normalized spacial score (nSPS) is 26.6. The average molecular weight is 224 g/mol. The minimum absolute atomic E-state index is 0.236. The summed E-state index contributed by atoms with van der Waals surface area (Å²) in [6.07, 6.45) is 4.67. The summed E-state index contributed by atoms with van der Waals surface area (Å²) in [5, 5.41) is 3.37. The van der Waals surface area contributed by atoms with Gasteiger partial charge in [0.05, 0.1) is 0 Å². The topological polar surface area (TPSA) is 32.3 Å². The Morgan fingerprint density at radius 1 is 1.38 bits per heavy atom. The van der Waals surface area contributed by atoms with Crippen molar-refractivity contribution in [2.75, 3.05) is 20.1 Å². The molecule has 0 aromatic carbocycles. The molecule has 1 saturated heterocycles. The Labute approximate surface area is 98.6 Å². The minimum atomic E-state index is 0.236. The van der Waals surface area contributed by atoms with Gasteiger partial charge in [0, 0.05) is 24.5 Å². The summed E-state index contributed by atoms with van der Waals surface area (Å²) >= 11 is 0. The van der Waals surface area contributed by atoms with Gasteiger partial charge in [0.2, 0.25) is 5.91 Å². The van der Waals surface area contributed by atoms with Crippen molar-refractivity contribution in [2.45, 2.75) is 45.1 Å². The lowest BCUT2D eigenvalue weighted by atomic mass is 9.89. The maximum absolute atomic E-state index is 12.2. The molecule has 0 spiro atoms. The van der Waals surface area contributed by atoms with Crippen LogP contribution in [0.5, 0.6) is 0 Å². The number of rotatable bonds is 3. The number of hydrogen-bond donors (Lipinski definition) is 1. The molecule has 0 bridgehead atoms. The summed E-state index contributed by atoms with van der Waals surface area (Å²) in [6, 6.07) is 0. The molecule has 0 aromatic rings. The van der Waals surface area contributed by atoms with Gasteiger partial charge in [0.15, 0.2) is 0 Å². The van der Waals surface area contributed by atoms with Gasteiger partial charge in [-0.15, -0.1) is 0 Å². The summed E-state index contributed by atoms with van der Waals surface area (Å²) in [7, 11) is 2.02. The van der Waals surface area contributed by atoms with E-state index in [-0.39, 0.29) is 11.5 Å². The van der Waals surface area contributed by atoms with Crippen molar-refractivity contribution < 1.29 is 4.79 Å². The van der Waals surface area contributed by atoms with Crippen molar-refractivity contribution in [1.82, 2.24) is 10.2 Å². The summed E-state index contributed by atoms with van der Waals surface area (Å²) in [5.74, 6) is 1.34. The van der Waals surface area contributed by atoms with E-state index < -0.39 is 0 Å². The highest BCUT2D eigenvalue weighted by Gasteiger charge is 2.37. The molecule has 3 nitrogen and oxygen atoms in total. The van der Waals surface area contributed by atoms with Crippen molar-refractivity contribution in [3.8, 4) is 0 Å². The van der Waals surface area contributed by atoms with E-state index in [1.54, 1.807) is 0 Å². The third-order valence-electron chi connectivity index (χ3n) is 4.50. The highest BCUT2D eigenvalue weighted by atomic mass is 16.2. The first-order chi connectivity index (χ1) is 7.56. The lowest BCUT2D eigenvalue weighted by Crippen LogP contribution is -2.52. The largest absolute Gasteiger partial charge is 0.342 e. The van der Waals surface area contributed by atoms with Crippen LogP contribution >= 0.6 is 0 Å². The quantitative estimate of drug-likeness (QED) is 0.790. The van der Waals surface area contributed by atoms with Crippen molar-refractivity contribution in [3.63, 3.8) is 0 Å². The van der Waals surface area contributed by atoms with Gasteiger partial charge in [-0.05, 0) is 45.6 Å². The van der Waals surface area contributed by atoms with Crippen LogP contribution in [0.2, 0.25) is 0 Å². The van der Waals surface area contributed by atoms with Crippen LogP contribution in [0, 0.1) is 11.8 Å². The summed E-state index contributed by atoms with van der Waals surface area (Å²) in [6.45, 7) is 6.20. The van der Waals surface area contributed by atoms with Crippen LogP contribution in [0.4, 0.5) is 0 Å². The van der Waals surface area contributed by atoms with E-state index >= 15 is 0 Å². The first kappa shape index (κ1) is 11.9. The van der Waals surface area contributed by atoms with Gasteiger partial charge >= 0.3 is 0 Å². The Morgan fingerprint density at radius 3 is 2.38 bits per heavy atom. The fraction of sp³-hybridized carbons (Fsp3) is 0.923. The molecule has 2 aliphatic rings. The van der Waals surface area contributed by atoms with Crippen molar-refractivity contribution in [3.05, 3.63) is 0 Å². The molecule has 1 amide bonds. The van der Waals surface area contributed by atoms with Gasteiger partial charge in [-0.2, -0.15) is 0 Å². The molecular weight excluding hydrogens is 200 g/mol. The number of hydrogen-bond acceptors (Lipinski definition) is 2. The maximum atomic E-state index is 12.2. The molecule has 16 heavy (non-hydrogen) atoms. The van der Waals surface area contributed by atoms with Gasteiger partial charge in [-0.25, -0.2) is 0 Å². The lowest BCUT2D eigenvalue weighted by Gasteiger charge is -2.40. The molecule has 0 aromatic heterocycles. The molecule has 1 atom stereocenters. The zero-order valence-corrected chi connectivity index (χ0v) is 10.8. The predicted octanol–water partition coefficient (Wildman–Crippen LogP) is 1.63. The van der Waals surface area contributed by atoms with Crippen LogP contribution < -0.4 is 5.32 Å². The maximum Gasteiger partial charge on any atom is 0.225 e. The predicted molar refractivity (Wildman–Crippen MR) is 65.2 cm³/mol. The standard InChI is InChI=1S/C13H24N2O/c1-10(11-4-5-11)12(16)15-8-6-13(2,14-3)7-9-15/h10-11,14H,4-9H2,1-3H3. The summed E-state index contributed by atoms with van der Waals surface area (Å²) in [5.41, 5.74) is 0.236. The second-order valence-electron chi connectivity index (χ2n) is 5.76. The van der Waals surface area contributed by atoms with Gasteiger partial charge < -0.3 is 10.2 Å². The zero-order valence-electron chi connectivity index (χ0n) is 10.8. The minimum Gasteiger partial charge on any atom is -0.342 e. The van der Waals surface area contributed by atoms with Crippen molar-refractivity contribution in [2.24, 2.45) is 11.8 Å². The molecule has 92 valence electrons. The fourth-order valence-corrected chi connectivity index (χ4v) is 2.56. The Bertz CT molecular complexity index is 265. The van der Waals surface area contributed by atoms with Crippen LogP contribution in [0.25, 0.3) is 0 Å². The lowest BCUT2D eigenvalue weighted by molar-refractivity contribution is -0.137. The van der Waals surface area contributed by atoms with E-state index in [0.29, 0.717) is 11.8 Å². The van der Waals surface area contributed by atoms with Crippen LogP contribution in [0.15, 0.2) is 0 Å². The Morgan fingerprint density at radius 2 is 1.94 bits per heavy atom. The molecule has 2 fully saturated rings. The highest BCUT2D eigenvalue weighted by Crippen LogP contribution is 2.38. The number of nitrogens with zero attached hydrogens (tertiary/aromatic N) is 1. The molecule has 2 rings (SSSR count). The first-order valence-electron chi connectivity index (χ1n) is 6.53. The number of nitrogens with one attached hydrogen (secondary N) is 1. The molecule has 1 saturated carbocycles. The second kappa shape index (κ2) is 4.36. The zero-order chi connectivity index (χ0) is 11.8. The van der Waals surface area contributed by atoms with Gasteiger partial charge in [0.25, 0.3) is 0 Å². The molecule has 1 aliphatic heterocycles. The number of likely N-dealkylation sites (tertiary alicyclic amines) is 1. The Balaban J connectivity index is 1.86. The summed E-state index contributed by atoms with van der Waals surface area (Å²) < 4.78 is 0. The van der Waals surface area contributed by atoms with Gasteiger partial charge in [-0.1, -0.05) is 6.92 Å². The van der Waals surface area contributed by atoms with Crippen molar-refractivity contribution >= 4 is 5.91 Å². The van der Waals surface area contributed by atoms with E-state index in [9.17, 15) is 4.79 Å². The molecule has 3 heteroatoms. The van der Waals surface area contributed by atoms with E-state index in [0.717, 1.165) is 25.9 Å². The molecule has 1 heterocycles. The SMILES string of the molecule is CNC1(C)CCN(C(=O)C(C)C2CC2)CC1. The molecule has 0 radical (unpaired) electrons. The number of carbonyl (C=O) groups excluding carboxylic acids is 1. The first-order valence-corrected chi connectivity index (χ1v) is 6.53. The number of amides is 1. The molecule has 1 N–H and O–H groups in total. The Hall–Kier alpha value is -0.570. The number of carbonyl (C=O) groups is 1. The molecule has 1 unspecified atom stereocenters. The van der Waals surface area contributed by atoms with Crippen LogP contribution in [0.3, 0.4) is 0 Å². The highest BCUT2D eigenvalue weighted by molar-refractivity contribution is 5.79. The van der Waals surface area contributed by atoms with Gasteiger partial charge in [0.1, 0.15) is 0 Å². The van der Waals surface area contributed by atoms with E-state index in [1.165, 1.54) is 12.8 Å². The third-order valence-corrected chi connectivity index (χ3v) is 4.50.